The molecule has 6 nitrogen and oxygen atoms in total. The number of hydrogen-bond donors (Lipinski definition) is 3. The summed E-state index contributed by atoms with van der Waals surface area (Å²) in [6.45, 7) is 0. The Morgan fingerprint density at radius 1 is 0.862 bits per heavy atom. The molecule has 0 bridgehead atoms. The second-order valence-corrected chi connectivity index (χ2v) is 7.11. The van der Waals surface area contributed by atoms with E-state index in [1.54, 1.807) is 66.7 Å². The van der Waals surface area contributed by atoms with E-state index in [0.29, 0.717) is 44.1 Å². The van der Waals surface area contributed by atoms with E-state index in [4.69, 9.17) is 23.2 Å². The van der Waals surface area contributed by atoms with Crippen LogP contribution in [0, 0.1) is 0 Å². The molecule has 8 heteroatoms. The number of carbonyl (C=O) groups is 2. The van der Waals surface area contributed by atoms with Gasteiger partial charge in [-0.25, -0.2) is 9.79 Å². The monoisotopic (exact) mass is 424 g/mol. The zero-order valence-corrected chi connectivity index (χ0v) is 16.4. The van der Waals surface area contributed by atoms with Crippen molar-refractivity contribution in [3.05, 3.63) is 82.3 Å². The summed E-state index contributed by atoms with van der Waals surface area (Å²) in [4.78, 5) is 28.7. The fourth-order valence-electron chi connectivity index (χ4n) is 2.84. The molecule has 0 atom stereocenters. The third-order valence-corrected chi connectivity index (χ3v) is 4.62. The summed E-state index contributed by atoms with van der Waals surface area (Å²) in [5, 5.41) is 9.24. The molecule has 144 valence electrons. The standard InChI is InChI=1S/C21H14Cl2N4O2/c22-12-2-1-3-16(10-12)26-21(29)25-15-7-5-14(6-8-15)24-19-17-11-13(23)4-9-18(17)27-20(19)28/h1-11H,(H,24,27,28)(H2,25,26,29). The van der Waals surface area contributed by atoms with E-state index < -0.39 is 6.03 Å². The van der Waals surface area contributed by atoms with Gasteiger partial charge in [-0.2, -0.15) is 0 Å². The van der Waals surface area contributed by atoms with E-state index in [2.05, 4.69) is 20.9 Å². The van der Waals surface area contributed by atoms with Crippen LogP contribution in [0.5, 0.6) is 0 Å². The Morgan fingerprint density at radius 2 is 1.59 bits per heavy atom. The van der Waals surface area contributed by atoms with Crippen LogP contribution in [0.4, 0.5) is 27.5 Å². The molecule has 1 heterocycles. The average Bonchev–Trinajstić information content (AvgIpc) is 2.98. The molecule has 0 unspecified atom stereocenters. The summed E-state index contributed by atoms with van der Waals surface area (Å²) in [5.41, 5.74) is 3.36. The van der Waals surface area contributed by atoms with E-state index in [1.807, 2.05) is 0 Å². The molecule has 4 rings (SSSR count). The molecule has 0 fully saturated rings. The third kappa shape index (κ3) is 4.39. The van der Waals surface area contributed by atoms with Crippen LogP contribution in [-0.4, -0.2) is 17.6 Å². The number of nitrogens with zero attached hydrogens (tertiary/aromatic N) is 1. The Hall–Kier alpha value is -3.35. The lowest BCUT2D eigenvalue weighted by Gasteiger charge is -2.08. The van der Waals surface area contributed by atoms with Crippen molar-refractivity contribution >= 4 is 63.6 Å². The predicted molar refractivity (Wildman–Crippen MR) is 117 cm³/mol. The summed E-state index contributed by atoms with van der Waals surface area (Å²) in [7, 11) is 0. The van der Waals surface area contributed by atoms with E-state index in [1.165, 1.54) is 0 Å². The first-order chi connectivity index (χ1) is 14.0. The molecule has 1 aliphatic rings. The molecular formula is C21H14Cl2N4O2. The summed E-state index contributed by atoms with van der Waals surface area (Å²) in [6, 6.07) is 18.4. The number of aliphatic imine (C=N–C) groups is 1. The number of anilines is 3. The van der Waals surface area contributed by atoms with Crippen molar-refractivity contribution in [3.63, 3.8) is 0 Å². The molecule has 0 spiro atoms. The molecule has 0 saturated heterocycles. The summed E-state index contributed by atoms with van der Waals surface area (Å²) >= 11 is 11.9. The van der Waals surface area contributed by atoms with Crippen molar-refractivity contribution in [3.8, 4) is 0 Å². The molecule has 0 aromatic heterocycles. The molecule has 0 aliphatic carbocycles. The van der Waals surface area contributed by atoms with Gasteiger partial charge >= 0.3 is 6.03 Å². The Bertz CT molecular complexity index is 1140. The number of rotatable bonds is 3. The van der Waals surface area contributed by atoms with Gasteiger partial charge < -0.3 is 16.0 Å². The number of nitrogens with one attached hydrogen (secondary N) is 3. The van der Waals surface area contributed by atoms with Gasteiger partial charge in [-0.1, -0.05) is 29.3 Å². The van der Waals surface area contributed by atoms with E-state index in [-0.39, 0.29) is 5.91 Å². The van der Waals surface area contributed by atoms with Crippen LogP contribution in [-0.2, 0) is 4.79 Å². The van der Waals surface area contributed by atoms with Crippen molar-refractivity contribution in [1.29, 1.82) is 0 Å². The smallest absolute Gasteiger partial charge is 0.320 e. The predicted octanol–water partition coefficient (Wildman–Crippen LogP) is 5.71. The van der Waals surface area contributed by atoms with Crippen LogP contribution < -0.4 is 16.0 Å². The Balaban J connectivity index is 1.47. The third-order valence-electron chi connectivity index (χ3n) is 4.15. The lowest BCUT2D eigenvalue weighted by molar-refractivity contribution is -0.110. The lowest BCUT2D eigenvalue weighted by Crippen LogP contribution is -2.19. The van der Waals surface area contributed by atoms with Crippen LogP contribution in [0.3, 0.4) is 0 Å². The maximum atomic E-state index is 12.2. The van der Waals surface area contributed by atoms with Gasteiger partial charge in [0.15, 0.2) is 0 Å². The van der Waals surface area contributed by atoms with Crippen molar-refractivity contribution in [2.75, 3.05) is 16.0 Å². The van der Waals surface area contributed by atoms with Gasteiger partial charge in [0.25, 0.3) is 5.91 Å². The minimum atomic E-state index is -0.398. The topological polar surface area (TPSA) is 82.6 Å². The number of amides is 3. The van der Waals surface area contributed by atoms with Gasteiger partial charge in [-0.3, -0.25) is 4.79 Å². The van der Waals surface area contributed by atoms with Gasteiger partial charge in [0, 0.05) is 27.0 Å². The number of hydrogen-bond acceptors (Lipinski definition) is 3. The SMILES string of the molecule is O=C(Nc1ccc(N=C2C(=O)Nc3ccc(Cl)cc32)cc1)Nc1cccc(Cl)c1. The fraction of sp³-hybridized carbons (Fsp3) is 0. The molecule has 0 saturated carbocycles. The van der Waals surface area contributed by atoms with Crippen molar-refractivity contribution in [1.82, 2.24) is 0 Å². The normalized spacial score (nSPS) is 13.7. The summed E-state index contributed by atoms with van der Waals surface area (Å²) < 4.78 is 0. The second-order valence-electron chi connectivity index (χ2n) is 6.24. The molecule has 3 aromatic rings. The van der Waals surface area contributed by atoms with Crippen molar-refractivity contribution < 1.29 is 9.59 Å². The first-order valence-corrected chi connectivity index (χ1v) is 9.37. The number of fused-ring (bicyclic) bond motifs is 1. The quantitative estimate of drug-likeness (QED) is 0.502. The lowest BCUT2D eigenvalue weighted by atomic mass is 10.1. The van der Waals surface area contributed by atoms with Gasteiger partial charge in [-0.05, 0) is 60.7 Å². The zero-order chi connectivity index (χ0) is 20.4. The highest BCUT2D eigenvalue weighted by atomic mass is 35.5. The largest absolute Gasteiger partial charge is 0.323 e. The Labute approximate surface area is 176 Å². The van der Waals surface area contributed by atoms with Gasteiger partial charge in [0.2, 0.25) is 0 Å². The Kier molecular flexibility index (Phi) is 5.20. The highest BCUT2D eigenvalue weighted by molar-refractivity contribution is 6.54. The molecule has 3 N–H and O–H groups in total. The van der Waals surface area contributed by atoms with Crippen LogP contribution in [0.1, 0.15) is 5.56 Å². The maximum Gasteiger partial charge on any atom is 0.323 e. The van der Waals surface area contributed by atoms with Crippen LogP contribution in [0.15, 0.2) is 71.7 Å². The average molecular weight is 425 g/mol. The molecule has 3 aromatic carbocycles. The number of halogens is 2. The number of benzene rings is 3. The highest BCUT2D eigenvalue weighted by Crippen LogP contribution is 2.28. The van der Waals surface area contributed by atoms with Crippen molar-refractivity contribution in [2.24, 2.45) is 4.99 Å². The van der Waals surface area contributed by atoms with Gasteiger partial charge in [0.1, 0.15) is 5.71 Å². The highest BCUT2D eigenvalue weighted by Gasteiger charge is 2.26. The molecule has 1 aliphatic heterocycles. The molecule has 29 heavy (non-hydrogen) atoms. The van der Waals surface area contributed by atoms with E-state index in [9.17, 15) is 9.59 Å². The Morgan fingerprint density at radius 3 is 2.34 bits per heavy atom. The molecule has 3 amide bonds. The number of carbonyl (C=O) groups excluding carboxylic acids is 2. The van der Waals surface area contributed by atoms with Crippen LogP contribution in [0.2, 0.25) is 10.0 Å². The zero-order valence-electron chi connectivity index (χ0n) is 14.9. The van der Waals surface area contributed by atoms with Crippen LogP contribution in [0.25, 0.3) is 0 Å². The first kappa shape index (κ1) is 19.0. The fourth-order valence-corrected chi connectivity index (χ4v) is 3.21. The van der Waals surface area contributed by atoms with Crippen LogP contribution >= 0.6 is 23.2 Å². The second kappa shape index (κ2) is 7.95. The molecular weight excluding hydrogens is 411 g/mol. The van der Waals surface area contributed by atoms with Crippen molar-refractivity contribution in [2.45, 2.75) is 0 Å². The summed E-state index contributed by atoms with van der Waals surface area (Å²) in [5.74, 6) is -0.287. The van der Waals surface area contributed by atoms with E-state index in [0.717, 1.165) is 0 Å². The summed E-state index contributed by atoms with van der Waals surface area (Å²) in [6.07, 6.45) is 0. The number of urea groups is 1. The minimum absolute atomic E-state index is 0.287. The van der Waals surface area contributed by atoms with Gasteiger partial charge in [0.05, 0.1) is 11.4 Å². The minimum Gasteiger partial charge on any atom is -0.320 e. The maximum absolute atomic E-state index is 12.2. The van der Waals surface area contributed by atoms with Gasteiger partial charge in [-0.15, -0.1) is 0 Å². The van der Waals surface area contributed by atoms with E-state index >= 15 is 0 Å². The molecule has 0 radical (unpaired) electrons. The first-order valence-electron chi connectivity index (χ1n) is 8.61.